The highest BCUT2D eigenvalue weighted by Gasteiger charge is 2.43. The summed E-state index contributed by atoms with van der Waals surface area (Å²) in [5.41, 5.74) is 6.27. The molecule has 2 heterocycles. The summed E-state index contributed by atoms with van der Waals surface area (Å²) in [6.07, 6.45) is 2.26. The standard InChI is InChI=1S/C31H44N4O4.C16H20N4O4.C16H32/c1-18-14-20(29(2,3)4)26(21(15-18)30(5,6)7)24(39-37)17-25-33-27(35-34-25)19-12-13-23(38-11)22(16-19)32-28(36)31(8,9)10;1-16(2,3)15(23)17-10-7-9(5-6-11(10)24-4)14-18-12(19-20-14)8-13(21)22;1-11-9-13(15(3,4)5)12(2)14(10-11)16(6,7)8/h12-16,24,37H,17H2,1-11H3,(H,32,36)(H,33,34,35);5-7H,8H2,1-4H3,(H,17,23)(H,21,22)(H,18,19,20);11-14H,9-10H2,1-8H3. The zero-order valence-corrected chi connectivity index (χ0v) is 52.0. The van der Waals surface area contributed by atoms with Crippen molar-refractivity contribution in [1.82, 2.24) is 30.4 Å². The number of benzene rings is 3. The molecule has 1 saturated carbocycles. The Kier molecular flexibility index (Phi) is 21.1. The number of anilines is 2. The van der Waals surface area contributed by atoms with Gasteiger partial charge < -0.3 is 25.2 Å². The van der Waals surface area contributed by atoms with Crippen LogP contribution in [0.3, 0.4) is 0 Å². The van der Waals surface area contributed by atoms with E-state index in [9.17, 15) is 19.6 Å². The molecule has 3 atom stereocenters. The molecule has 16 nitrogen and oxygen atoms in total. The molecular formula is C63H96N8O8. The van der Waals surface area contributed by atoms with E-state index < -0.39 is 22.9 Å². The minimum atomic E-state index is -0.995. The fraction of sp³-hybridized carbons (Fsp3) is 0.603. The molecule has 2 aromatic heterocycles. The van der Waals surface area contributed by atoms with E-state index in [2.05, 4.69) is 152 Å². The number of ether oxygens (including phenoxy) is 2. The summed E-state index contributed by atoms with van der Waals surface area (Å²) in [5, 5.41) is 38.7. The van der Waals surface area contributed by atoms with Gasteiger partial charge in [-0.3, -0.25) is 29.8 Å². The molecule has 1 aliphatic rings. The maximum atomic E-state index is 12.6. The van der Waals surface area contributed by atoms with Gasteiger partial charge in [-0.1, -0.05) is 156 Å². The van der Waals surface area contributed by atoms with Crippen molar-refractivity contribution in [1.29, 1.82) is 0 Å². The molecule has 0 aliphatic heterocycles. The third kappa shape index (κ3) is 17.9. The zero-order chi connectivity index (χ0) is 60.0. The molecular weight excluding hydrogens is 997 g/mol. The molecule has 3 unspecified atom stereocenters. The average Bonchev–Trinajstić information content (AvgIpc) is 4.00. The Bertz CT molecular complexity index is 2800. The number of carboxylic acid groups (broad SMARTS) is 1. The molecule has 0 radical (unpaired) electrons. The highest BCUT2D eigenvalue weighted by atomic mass is 17.1. The number of carbonyl (C=O) groups is 3. The van der Waals surface area contributed by atoms with Crippen LogP contribution < -0.4 is 20.1 Å². The second-order valence-corrected chi connectivity index (χ2v) is 28.0. The fourth-order valence-corrected chi connectivity index (χ4v) is 10.4. The van der Waals surface area contributed by atoms with Gasteiger partial charge >= 0.3 is 5.97 Å². The number of carboxylic acids is 1. The van der Waals surface area contributed by atoms with Gasteiger partial charge in [0.1, 0.15) is 35.7 Å². The second-order valence-electron chi connectivity index (χ2n) is 28.0. The number of rotatable bonds is 12. The van der Waals surface area contributed by atoms with E-state index >= 15 is 0 Å². The maximum absolute atomic E-state index is 12.6. The fourth-order valence-electron chi connectivity index (χ4n) is 10.4. The minimum absolute atomic E-state index is 0.126. The van der Waals surface area contributed by atoms with Gasteiger partial charge in [-0.05, 0) is 118 Å². The first-order valence-corrected chi connectivity index (χ1v) is 27.7. The Labute approximate surface area is 471 Å². The highest BCUT2D eigenvalue weighted by Crippen LogP contribution is 2.51. The van der Waals surface area contributed by atoms with Crippen LogP contribution in [0.5, 0.6) is 11.5 Å². The summed E-state index contributed by atoms with van der Waals surface area (Å²) in [6, 6.07) is 14.9. The van der Waals surface area contributed by atoms with Gasteiger partial charge in [-0.2, -0.15) is 10.2 Å². The Morgan fingerprint density at radius 3 is 1.37 bits per heavy atom. The van der Waals surface area contributed by atoms with Crippen LogP contribution in [-0.2, 0) is 42.9 Å². The summed E-state index contributed by atoms with van der Waals surface area (Å²) >= 11 is 0. The smallest absolute Gasteiger partial charge is 0.311 e. The van der Waals surface area contributed by atoms with E-state index in [1.54, 1.807) is 37.4 Å². The van der Waals surface area contributed by atoms with Crippen molar-refractivity contribution in [3.63, 3.8) is 0 Å². The molecule has 0 saturated heterocycles. The van der Waals surface area contributed by atoms with Crippen LogP contribution in [0.2, 0.25) is 0 Å². The Morgan fingerprint density at radius 1 is 0.633 bits per heavy atom. The van der Waals surface area contributed by atoms with Crippen LogP contribution in [0.4, 0.5) is 11.4 Å². The van der Waals surface area contributed by atoms with Gasteiger partial charge in [-0.15, -0.1) is 0 Å². The second kappa shape index (κ2) is 25.5. The Morgan fingerprint density at radius 2 is 1.03 bits per heavy atom. The number of nitrogens with one attached hydrogen (secondary N) is 4. The average molecular weight is 1090 g/mol. The van der Waals surface area contributed by atoms with Crippen molar-refractivity contribution in [2.24, 2.45) is 45.3 Å². The number of aliphatic carboxylic acids is 1. The highest BCUT2D eigenvalue weighted by molar-refractivity contribution is 5.97. The summed E-state index contributed by atoms with van der Waals surface area (Å²) < 4.78 is 10.7. The van der Waals surface area contributed by atoms with Crippen molar-refractivity contribution in [3.05, 3.63) is 82.4 Å². The van der Waals surface area contributed by atoms with E-state index in [-0.39, 0.29) is 34.9 Å². The van der Waals surface area contributed by atoms with Crippen molar-refractivity contribution >= 4 is 29.2 Å². The predicted octanol–water partition coefficient (Wildman–Crippen LogP) is 14.6. The van der Waals surface area contributed by atoms with Crippen LogP contribution in [0.15, 0.2) is 48.5 Å². The molecule has 0 spiro atoms. The van der Waals surface area contributed by atoms with Crippen molar-refractivity contribution in [3.8, 4) is 34.3 Å². The Balaban J connectivity index is 0.000000284. The van der Waals surface area contributed by atoms with Gasteiger partial charge in [0.25, 0.3) is 0 Å². The molecule has 79 heavy (non-hydrogen) atoms. The number of aryl methyl sites for hydroxylation is 1. The number of hydrogen-bond donors (Lipinski definition) is 6. The largest absolute Gasteiger partial charge is 0.495 e. The number of aromatic nitrogens is 6. The summed E-state index contributed by atoms with van der Waals surface area (Å²) in [4.78, 5) is 49.5. The molecule has 1 aliphatic carbocycles. The molecule has 6 N–H and O–H groups in total. The third-order valence-corrected chi connectivity index (χ3v) is 14.7. The molecule has 5 aromatic rings. The van der Waals surface area contributed by atoms with Gasteiger partial charge in [0.15, 0.2) is 11.6 Å². The summed E-state index contributed by atoms with van der Waals surface area (Å²) in [5.74, 6) is 4.98. The van der Waals surface area contributed by atoms with Gasteiger partial charge in [0, 0.05) is 28.4 Å². The van der Waals surface area contributed by atoms with Gasteiger partial charge in [-0.25, -0.2) is 14.9 Å². The number of amides is 2. The van der Waals surface area contributed by atoms with Crippen LogP contribution >= 0.6 is 0 Å². The van der Waals surface area contributed by atoms with Crippen LogP contribution in [0, 0.1) is 52.3 Å². The van der Waals surface area contributed by atoms with Gasteiger partial charge in [0.2, 0.25) is 11.8 Å². The first-order chi connectivity index (χ1) is 36.2. The van der Waals surface area contributed by atoms with E-state index in [4.69, 9.17) is 24.5 Å². The van der Waals surface area contributed by atoms with E-state index in [0.29, 0.717) is 68.7 Å². The lowest BCUT2D eigenvalue weighted by Crippen LogP contribution is -2.42. The molecule has 3 aromatic carbocycles. The quantitative estimate of drug-likeness (QED) is 0.0507. The van der Waals surface area contributed by atoms with E-state index in [1.165, 1.54) is 25.5 Å². The number of nitrogens with zero attached hydrogens (tertiary/aromatic N) is 4. The van der Waals surface area contributed by atoms with Crippen LogP contribution in [0.25, 0.3) is 22.8 Å². The molecule has 0 bridgehead atoms. The third-order valence-electron chi connectivity index (χ3n) is 14.7. The normalized spacial score (nSPS) is 17.6. The lowest BCUT2D eigenvalue weighted by molar-refractivity contribution is -0.282. The van der Waals surface area contributed by atoms with Crippen LogP contribution in [0.1, 0.15) is 191 Å². The first-order valence-electron chi connectivity index (χ1n) is 27.7. The van der Waals surface area contributed by atoms with E-state index in [1.807, 2.05) is 47.6 Å². The van der Waals surface area contributed by atoms with Crippen molar-refractivity contribution in [2.45, 2.75) is 188 Å². The number of H-pyrrole nitrogens is 2. The zero-order valence-electron chi connectivity index (χ0n) is 52.0. The number of carbonyl (C=O) groups excluding carboxylic acids is 2. The predicted molar refractivity (Wildman–Crippen MR) is 316 cm³/mol. The summed E-state index contributed by atoms with van der Waals surface area (Å²) in [7, 11) is 3.07. The number of hydrogen-bond acceptors (Lipinski definition) is 11. The lowest BCUT2D eigenvalue weighted by Gasteiger charge is -2.50. The Hall–Kier alpha value is -6.13. The van der Waals surface area contributed by atoms with Crippen molar-refractivity contribution < 1.29 is 39.1 Å². The lowest BCUT2D eigenvalue weighted by atomic mass is 9.55. The molecule has 436 valence electrons. The number of aromatic amines is 2. The minimum Gasteiger partial charge on any atom is -0.495 e. The number of methoxy groups -OCH3 is 2. The summed E-state index contributed by atoms with van der Waals surface area (Å²) in [6.45, 7) is 45.6. The SMILES string of the molecule is CC1CC(C(C)(C)C)C(C)C(C(C)(C)C)C1.COc1ccc(-c2n[nH]c(CC(=O)O)n2)cc1NC(=O)C(C)(C)C.COc1ccc(-c2n[nH]c(CC(OO)c3c(C(C)(C)C)cc(C)cc3C(C)(C)C)n2)cc1NC(=O)C(C)(C)C. The maximum Gasteiger partial charge on any atom is 0.311 e. The molecule has 16 heteroatoms. The first kappa shape index (κ1) is 65.4. The van der Waals surface area contributed by atoms with Crippen molar-refractivity contribution in [2.75, 3.05) is 24.9 Å². The monoisotopic (exact) mass is 1090 g/mol. The van der Waals surface area contributed by atoms with E-state index in [0.717, 1.165) is 40.4 Å². The van der Waals surface area contributed by atoms with Crippen LogP contribution in [-0.4, -0.2) is 72.7 Å². The van der Waals surface area contributed by atoms with Gasteiger partial charge in [0.05, 0.1) is 25.6 Å². The molecule has 6 rings (SSSR count). The topological polar surface area (TPSA) is 227 Å². The molecule has 2 amide bonds. The molecule has 1 fully saturated rings.